The van der Waals surface area contributed by atoms with Gasteiger partial charge in [-0.2, -0.15) is 4.31 Å². The summed E-state index contributed by atoms with van der Waals surface area (Å²) in [5, 5.41) is 2.97. The van der Waals surface area contributed by atoms with Gasteiger partial charge in [0.05, 0.1) is 5.25 Å². The number of carbonyl (C=O) groups is 1. The van der Waals surface area contributed by atoms with Crippen molar-refractivity contribution in [3.63, 3.8) is 0 Å². The normalized spacial score (nSPS) is 35.0. The Kier molecular flexibility index (Phi) is 5.08. The van der Waals surface area contributed by atoms with Gasteiger partial charge in [-0.3, -0.25) is 4.79 Å². The number of amides is 1. The van der Waals surface area contributed by atoms with Gasteiger partial charge in [-0.05, 0) is 51.5 Å². The fourth-order valence-corrected chi connectivity index (χ4v) is 7.74. The predicted octanol–water partition coefficient (Wildman–Crippen LogP) is 1.32. The van der Waals surface area contributed by atoms with E-state index in [1.165, 1.54) is 0 Å². The number of carbonyl (C=O) groups excluding carboxylic acids is 1. The first-order valence-corrected chi connectivity index (χ1v) is 11.6. The Bertz CT molecular complexity index is 589. The van der Waals surface area contributed by atoms with Gasteiger partial charge in [-0.25, -0.2) is 8.42 Å². The van der Waals surface area contributed by atoms with Crippen LogP contribution < -0.4 is 5.32 Å². The van der Waals surface area contributed by atoms with Crippen LogP contribution in [0.5, 0.6) is 0 Å². The van der Waals surface area contributed by atoms with Gasteiger partial charge in [-0.1, -0.05) is 12.8 Å². The largest absolute Gasteiger partial charge is 0.341 e. The van der Waals surface area contributed by atoms with Gasteiger partial charge < -0.3 is 10.2 Å². The summed E-state index contributed by atoms with van der Waals surface area (Å²) in [6, 6.07) is 0.268. The molecular weight excluding hydrogens is 338 g/mol. The molecule has 3 unspecified atom stereocenters. The molecule has 0 spiro atoms. The number of likely N-dealkylation sites (tertiary alicyclic amines) is 1. The van der Waals surface area contributed by atoms with E-state index in [2.05, 4.69) is 5.32 Å². The van der Waals surface area contributed by atoms with E-state index in [0.29, 0.717) is 13.0 Å². The highest BCUT2D eigenvalue weighted by molar-refractivity contribution is 7.89. The molecule has 0 aromatic carbocycles. The average molecular weight is 370 g/mol. The van der Waals surface area contributed by atoms with Crippen LogP contribution in [-0.2, 0) is 14.8 Å². The third kappa shape index (κ3) is 3.35. The molecule has 4 fully saturated rings. The Morgan fingerprint density at radius 3 is 2.48 bits per heavy atom. The zero-order valence-corrected chi connectivity index (χ0v) is 15.8. The third-order valence-corrected chi connectivity index (χ3v) is 9.11. The van der Waals surface area contributed by atoms with E-state index < -0.39 is 15.3 Å². The Balaban J connectivity index is 1.49. The van der Waals surface area contributed by atoms with E-state index >= 15 is 0 Å². The Morgan fingerprint density at radius 1 is 0.920 bits per heavy atom. The van der Waals surface area contributed by atoms with Crippen LogP contribution in [0.25, 0.3) is 0 Å². The van der Waals surface area contributed by atoms with Gasteiger partial charge in [0.25, 0.3) is 0 Å². The van der Waals surface area contributed by atoms with Crippen LogP contribution in [-0.4, -0.2) is 67.0 Å². The highest BCUT2D eigenvalue weighted by Crippen LogP contribution is 2.35. The number of hydrogen-bond donors (Lipinski definition) is 1. The molecule has 1 saturated carbocycles. The summed E-state index contributed by atoms with van der Waals surface area (Å²) < 4.78 is 28.6. The van der Waals surface area contributed by atoms with E-state index in [4.69, 9.17) is 0 Å². The maximum atomic E-state index is 13.4. The molecule has 4 rings (SSSR count). The number of piperidine rings is 1. The molecule has 1 N–H and O–H groups in total. The molecule has 1 amide bonds. The summed E-state index contributed by atoms with van der Waals surface area (Å²) in [6.07, 6.45) is 8.60. The Hall–Kier alpha value is -0.660. The summed E-state index contributed by atoms with van der Waals surface area (Å²) in [5.41, 5.74) is 0. The van der Waals surface area contributed by atoms with Crippen molar-refractivity contribution in [2.24, 2.45) is 5.92 Å². The maximum absolute atomic E-state index is 13.4. The minimum absolute atomic E-state index is 0.110. The Morgan fingerprint density at radius 2 is 1.68 bits per heavy atom. The standard InChI is InChI=1S/C18H31N3O3S/c22-18(14-4-1-2-5-14)20-11-3-6-17(13-20)25(23,24)21-15-7-8-16(21)12-19-10-9-15/h14-17,19H,1-13H2. The van der Waals surface area contributed by atoms with Crippen molar-refractivity contribution in [1.29, 1.82) is 0 Å². The molecule has 0 radical (unpaired) electrons. The number of sulfonamides is 1. The summed E-state index contributed by atoms with van der Waals surface area (Å²) in [7, 11) is -3.33. The quantitative estimate of drug-likeness (QED) is 0.815. The zero-order chi connectivity index (χ0) is 17.4. The van der Waals surface area contributed by atoms with E-state index in [1.54, 1.807) is 0 Å². The molecule has 3 atom stereocenters. The van der Waals surface area contributed by atoms with Crippen LogP contribution in [0.2, 0.25) is 0 Å². The van der Waals surface area contributed by atoms with Crippen LogP contribution in [0.4, 0.5) is 0 Å². The first kappa shape index (κ1) is 17.7. The average Bonchev–Trinajstić information content (AvgIpc) is 3.21. The minimum Gasteiger partial charge on any atom is -0.341 e. The second-order valence-electron chi connectivity index (χ2n) is 8.28. The lowest BCUT2D eigenvalue weighted by Gasteiger charge is -2.38. The summed E-state index contributed by atoms with van der Waals surface area (Å²) in [4.78, 5) is 14.6. The van der Waals surface area contributed by atoms with Gasteiger partial charge in [-0.15, -0.1) is 0 Å². The number of fused-ring (bicyclic) bond motifs is 2. The molecule has 1 aliphatic carbocycles. The molecule has 2 bridgehead atoms. The zero-order valence-electron chi connectivity index (χ0n) is 15.0. The molecule has 3 aliphatic heterocycles. The Labute approximate surface area is 151 Å². The molecule has 142 valence electrons. The van der Waals surface area contributed by atoms with Crippen molar-refractivity contribution in [2.45, 2.75) is 75.1 Å². The van der Waals surface area contributed by atoms with Crippen LogP contribution in [0.1, 0.15) is 57.8 Å². The fraction of sp³-hybridized carbons (Fsp3) is 0.944. The maximum Gasteiger partial charge on any atom is 0.225 e. The molecule has 3 heterocycles. The van der Waals surface area contributed by atoms with Crippen molar-refractivity contribution in [1.82, 2.24) is 14.5 Å². The van der Waals surface area contributed by atoms with E-state index in [9.17, 15) is 13.2 Å². The summed E-state index contributed by atoms with van der Waals surface area (Å²) >= 11 is 0. The predicted molar refractivity (Wildman–Crippen MR) is 96.6 cm³/mol. The molecule has 0 aromatic heterocycles. The van der Waals surface area contributed by atoms with Gasteiger partial charge in [0.2, 0.25) is 15.9 Å². The first-order valence-electron chi connectivity index (χ1n) is 10.1. The molecule has 25 heavy (non-hydrogen) atoms. The third-order valence-electron chi connectivity index (χ3n) is 6.70. The molecule has 3 saturated heterocycles. The van der Waals surface area contributed by atoms with Crippen LogP contribution in [0, 0.1) is 5.92 Å². The highest BCUT2D eigenvalue weighted by Gasteiger charge is 2.47. The molecule has 4 aliphatic rings. The number of hydrogen-bond acceptors (Lipinski definition) is 4. The summed E-state index contributed by atoms with van der Waals surface area (Å²) in [6.45, 7) is 2.81. The van der Waals surface area contributed by atoms with Crippen molar-refractivity contribution in [3.05, 3.63) is 0 Å². The SMILES string of the molecule is O=C(C1CCCC1)N1CCCC(S(=O)(=O)N2C3CCNCC2CC3)C1. The lowest BCUT2D eigenvalue weighted by molar-refractivity contribution is -0.136. The molecular formula is C18H31N3O3S. The molecule has 0 aromatic rings. The topological polar surface area (TPSA) is 69.7 Å². The molecule has 6 nitrogen and oxygen atoms in total. The van der Waals surface area contributed by atoms with Crippen molar-refractivity contribution < 1.29 is 13.2 Å². The second-order valence-corrected chi connectivity index (χ2v) is 10.4. The first-order chi connectivity index (χ1) is 12.1. The highest BCUT2D eigenvalue weighted by atomic mass is 32.2. The van der Waals surface area contributed by atoms with Crippen molar-refractivity contribution >= 4 is 15.9 Å². The van der Waals surface area contributed by atoms with Crippen molar-refractivity contribution in [3.8, 4) is 0 Å². The minimum atomic E-state index is -3.33. The van der Waals surface area contributed by atoms with E-state index in [-0.39, 0.29) is 23.9 Å². The molecule has 7 heteroatoms. The van der Waals surface area contributed by atoms with Gasteiger partial charge in [0, 0.05) is 37.6 Å². The van der Waals surface area contributed by atoms with Crippen LogP contribution >= 0.6 is 0 Å². The van der Waals surface area contributed by atoms with Crippen LogP contribution in [0.15, 0.2) is 0 Å². The number of nitrogens with one attached hydrogen (secondary N) is 1. The van der Waals surface area contributed by atoms with Crippen molar-refractivity contribution in [2.75, 3.05) is 26.2 Å². The van der Waals surface area contributed by atoms with E-state index in [1.807, 2.05) is 9.21 Å². The monoisotopic (exact) mass is 369 g/mol. The summed E-state index contributed by atoms with van der Waals surface area (Å²) in [5.74, 6) is 0.345. The van der Waals surface area contributed by atoms with Gasteiger partial charge in [0.15, 0.2) is 0 Å². The van der Waals surface area contributed by atoms with Gasteiger partial charge >= 0.3 is 0 Å². The van der Waals surface area contributed by atoms with Gasteiger partial charge in [0.1, 0.15) is 0 Å². The smallest absolute Gasteiger partial charge is 0.225 e. The second kappa shape index (κ2) is 7.16. The van der Waals surface area contributed by atoms with E-state index in [0.717, 1.165) is 71.0 Å². The lowest BCUT2D eigenvalue weighted by Crippen LogP contribution is -2.53. The van der Waals surface area contributed by atoms with Crippen LogP contribution in [0.3, 0.4) is 0 Å². The number of rotatable bonds is 3. The lowest BCUT2D eigenvalue weighted by atomic mass is 10.0. The number of nitrogens with zero attached hydrogens (tertiary/aromatic N) is 2. The fourth-order valence-electron chi connectivity index (χ4n) is 5.34.